The molecule has 0 aliphatic carbocycles. The van der Waals surface area contributed by atoms with Crippen molar-refractivity contribution >= 4 is 21.6 Å². The number of ether oxygens (including phenoxy) is 1. The molecule has 0 aliphatic rings. The van der Waals surface area contributed by atoms with Gasteiger partial charge in [0.15, 0.2) is 0 Å². The molecule has 0 unspecified atom stereocenters. The maximum Gasteiger partial charge on any atom is 0.312 e. The first-order valence-electron chi connectivity index (χ1n) is 6.38. The molecular weight excluding hydrogens is 336 g/mol. The van der Waals surface area contributed by atoms with Crippen molar-refractivity contribution in [2.75, 3.05) is 7.05 Å². The Morgan fingerprint density at radius 2 is 2.10 bits per heavy atom. The summed E-state index contributed by atoms with van der Waals surface area (Å²) in [4.78, 5) is 10.7. The number of rotatable bonds is 5. The molecule has 21 heavy (non-hydrogen) atoms. The summed E-state index contributed by atoms with van der Waals surface area (Å²) < 4.78 is 6.36. The molecule has 6 heteroatoms. The average Bonchev–Trinajstić information content (AvgIpc) is 2.43. The van der Waals surface area contributed by atoms with Crippen LogP contribution in [0.3, 0.4) is 0 Å². The van der Waals surface area contributed by atoms with Crippen LogP contribution in [0.4, 0.5) is 5.69 Å². The van der Waals surface area contributed by atoms with Crippen LogP contribution >= 0.6 is 15.9 Å². The zero-order chi connectivity index (χ0) is 15.4. The molecule has 0 heterocycles. The predicted octanol–water partition coefficient (Wildman–Crippen LogP) is 4.18. The first-order valence-corrected chi connectivity index (χ1v) is 7.17. The first kappa shape index (κ1) is 15.5. The van der Waals surface area contributed by atoms with Crippen LogP contribution in [0.15, 0.2) is 40.9 Å². The van der Waals surface area contributed by atoms with Crippen molar-refractivity contribution in [3.63, 3.8) is 0 Å². The third-order valence-corrected chi connectivity index (χ3v) is 3.56. The van der Waals surface area contributed by atoms with Crippen molar-refractivity contribution in [3.05, 3.63) is 62.1 Å². The van der Waals surface area contributed by atoms with E-state index >= 15 is 0 Å². The monoisotopic (exact) mass is 350 g/mol. The van der Waals surface area contributed by atoms with Gasteiger partial charge in [0, 0.05) is 18.2 Å². The van der Waals surface area contributed by atoms with Crippen molar-refractivity contribution < 1.29 is 9.66 Å². The Hall–Kier alpha value is -1.92. The van der Waals surface area contributed by atoms with Gasteiger partial charge >= 0.3 is 5.69 Å². The minimum absolute atomic E-state index is 0.0691. The third kappa shape index (κ3) is 3.59. The van der Waals surface area contributed by atoms with Crippen LogP contribution in [-0.4, -0.2) is 12.0 Å². The van der Waals surface area contributed by atoms with E-state index in [4.69, 9.17) is 4.74 Å². The van der Waals surface area contributed by atoms with Gasteiger partial charge in [0.2, 0.25) is 5.75 Å². The first-order chi connectivity index (χ1) is 10.0. The van der Waals surface area contributed by atoms with Crippen molar-refractivity contribution in [3.8, 4) is 11.5 Å². The summed E-state index contributed by atoms with van der Waals surface area (Å²) in [6, 6.07) is 10.5. The van der Waals surface area contributed by atoms with E-state index < -0.39 is 4.92 Å². The smallest absolute Gasteiger partial charge is 0.312 e. The Morgan fingerprint density at radius 1 is 1.33 bits per heavy atom. The van der Waals surface area contributed by atoms with Gasteiger partial charge in [0.1, 0.15) is 5.75 Å². The molecule has 2 aromatic rings. The number of para-hydroxylation sites is 1. The van der Waals surface area contributed by atoms with E-state index in [1.807, 2.05) is 32.2 Å². The van der Waals surface area contributed by atoms with E-state index in [2.05, 4.69) is 21.2 Å². The lowest BCUT2D eigenvalue weighted by Gasteiger charge is -2.13. The molecule has 0 aliphatic heterocycles. The Balaban J connectivity index is 2.45. The molecule has 2 rings (SSSR count). The Bertz CT molecular complexity index is 674. The fourth-order valence-corrected chi connectivity index (χ4v) is 2.43. The van der Waals surface area contributed by atoms with Gasteiger partial charge in [-0.15, -0.1) is 0 Å². The summed E-state index contributed by atoms with van der Waals surface area (Å²) in [5.74, 6) is 0.814. The molecule has 0 radical (unpaired) electrons. The summed E-state index contributed by atoms with van der Waals surface area (Å²) in [5.41, 5.74) is 1.98. The van der Waals surface area contributed by atoms with Gasteiger partial charge < -0.3 is 10.1 Å². The lowest BCUT2D eigenvalue weighted by molar-refractivity contribution is -0.385. The van der Waals surface area contributed by atoms with E-state index in [1.165, 1.54) is 6.07 Å². The van der Waals surface area contributed by atoms with Gasteiger partial charge in [-0.1, -0.05) is 23.8 Å². The van der Waals surface area contributed by atoms with E-state index in [1.54, 1.807) is 12.1 Å². The third-order valence-electron chi connectivity index (χ3n) is 2.94. The average molecular weight is 351 g/mol. The minimum Gasteiger partial charge on any atom is -0.449 e. The number of hydrogen-bond donors (Lipinski definition) is 1. The Kier molecular flexibility index (Phi) is 4.93. The largest absolute Gasteiger partial charge is 0.449 e. The molecule has 0 amide bonds. The molecule has 0 saturated heterocycles. The van der Waals surface area contributed by atoms with Crippen molar-refractivity contribution in [2.45, 2.75) is 13.5 Å². The molecule has 0 fully saturated rings. The standard InChI is InChI=1S/C15H15BrN2O3/c1-10-6-7-14(11(8-10)9-17-2)21-15-12(16)4-3-5-13(15)18(19)20/h3-8,17H,9H2,1-2H3. The van der Waals surface area contributed by atoms with Gasteiger partial charge in [0.25, 0.3) is 0 Å². The summed E-state index contributed by atoms with van der Waals surface area (Å²) >= 11 is 3.31. The molecule has 2 aromatic carbocycles. The molecule has 5 nitrogen and oxygen atoms in total. The van der Waals surface area contributed by atoms with Gasteiger partial charge in [0.05, 0.1) is 9.40 Å². The number of halogens is 1. The van der Waals surface area contributed by atoms with Gasteiger partial charge in [-0.2, -0.15) is 0 Å². The van der Waals surface area contributed by atoms with Crippen molar-refractivity contribution in [1.29, 1.82) is 0 Å². The second-order valence-corrected chi connectivity index (χ2v) is 5.44. The highest BCUT2D eigenvalue weighted by molar-refractivity contribution is 9.10. The zero-order valence-corrected chi connectivity index (χ0v) is 13.3. The molecule has 1 N–H and O–H groups in total. The van der Waals surface area contributed by atoms with Crippen LogP contribution in [0.2, 0.25) is 0 Å². The molecule has 110 valence electrons. The van der Waals surface area contributed by atoms with Gasteiger partial charge in [-0.25, -0.2) is 0 Å². The highest BCUT2D eigenvalue weighted by Crippen LogP contribution is 2.39. The lowest BCUT2D eigenvalue weighted by atomic mass is 10.1. The molecule has 0 bridgehead atoms. The van der Waals surface area contributed by atoms with Crippen molar-refractivity contribution in [1.82, 2.24) is 5.32 Å². The normalized spacial score (nSPS) is 10.4. The second kappa shape index (κ2) is 6.69. The number of nitro groups is 1. The Labute approximate surface area is 131 Å². The fraction of sp³-hybridized carbons (Fsp3) is 0.200. The maximum atomic E-state index is 11.1. The number of hydrogen-bond acceptors (Lipinski definition) is 4. The van der Waals surface area contributed by atoms with Gasteiger partial charge in [-0.3, -0.25) is 10.1 Å². The predicted molar refractivity (Wildman–Crippen MR) is 84.8 cm³/mol. The topological polar surface area (TPSA) is 64.4 Å². The van der Waals surface area contributed by atoms with E-state index in [0.717, 1.165) is 11.1 Å². The van der Waals surface area contributed by atoms with E-state index in [9.17, 15) is 10.1 Å². The fourth-order valence-electron chi connectivity index (χ4n) is 1.99. The minimum atomic E-state index is -0.452. The van der Waals surface area contributed by atoms with Crippen LogP contribution in [0.25, 0.3) is 0 Å². The number of nitrogens with zero attached hydrogens (tertiary/aromatic N) is 1. The number of nitrogens with one attached hydrogen (secondary N) is 1. The number of nitro benzene ring substituents is 1. The maximum absolute atomic E-state index is 11.1. The van der Waals surface area contributed by atoms with Gasteiger partial charge in [-0.05, 0) is 42.0 Å². The zero-order valence-electron chi connectivity index (χ0n) is 11.7. The number of aryl methyl sites for hydroxylation is 1. The number of benzene rings is 2. The van der Waals surface area contributed by atoms with Crippen LogP contribution in [0.5, 0.6) is 11.5 Å². The van der Waals surface area contributed by atoms with Crippen molar-refractivity contribution in [2.24, 2.45) is 0 Å². The lowest BCUT2D eigenvalue weighted by Crippen LogP contribution is -2.07. The summed E-state index contributed by atoms with van der Waals surface area (Å²) in [7, 11) is 1.84. The second-order valence-electron chi connectivity index (χ2n) is 4.59. The summed E-state index contributed by atoms with van der Waals surface area (Å²) in [5, 5.41) is 14.2. The van der Waals surface area contributed by atoms with Crippen LogP contribution in [0.1, 0.15) is 11.1 Å². The summed E-state index contributed by atoms with van der Waals surface area (Å²) in [6.07, 6.45) is 0. The van der Waals surface area contributed by atoms with Crippen LogP contribution < -0.4 is 10.1 Å². The molecule has 0 aromatic heterocycles. The van der Waals surface area contributed by atoms with Crippen LogP contribution in [0, 0.1) is 17.0 Å². The highest BCUT2D eigenvalue weighted by Gasteiger charge is 2.19. The van der Waals surface area contributed by atoms with Crippen LogP contribution in [-0.2, 0) is 6.54 Å². The highest BCUT2D eigenvalue weighted by atomic mass is 79.9. The Morgan fingerprint density at radius 3 is 2.76 bits per heavy atom. The molecule has 0 atom stereocenters. The van der Waals surface area contributed by atoms with E-state index in [0.29, 0.717) is 16.8 Å². The SMILES string of the molecule is CNCc1cc(C)ccc1Oc1c(Br)cccc1[N+](=O)[O-]. The van der Waals surface area contributed by atoms with E-state index in [-0.39, 0.29) is 11.4 Å². The molecule has 0 spiro atoms. The quantitative estimate of drug-likeness (QED) is 0.648. The summed E-state index contributed by atoms with van der Waals surface area (Å²) in [6.45, 7) is 2.61. The molecular formula is C15H15BrN2O3. The molecule has 0 saturated carbocycles.